The predicted octanol–water partition coefficient (Wildman–Crippen LogP) is 5.28. The molecule has 0 fully saturated rings. The maximum Gasteiger partial charge on any atom is 0.194 e. The minimum atomic E-state index is 0.0293. The molecule has 0 bridgehead atoms. The van der Waals surface area contributed by atoms with E-state index in [9.17, 15) is 4.79 Å². The first-order valence-corrected chi connectivity index (χ1v) is 7.44. The SMILES string of the molecule is O=C1c2ccccc2Cc2c(Cl)cc3ccc(Cl)cc3c21. The third-order valence-electron chi connectivity index (χ3n) is 4.01. The molecule has 3 aromatic rings. The highest BCUT2D eigenvalue weighted by Crippen LogP contribution is 2.37. The summed E-state index contributed by atoms with van der Waals surface area (Å²) in [6.45, 7) is 0. The molecule has 0 saturated heterocycles. The molecule has 0 radical (unpaired) electrons. The molecule has 3 heteroatoms. The fraction of sp³-hybridized carbons (Fsp3) is 0.0556. The summed E-state index contributed by atoms with van der Waals surface area (Å²) in [6, 6.07) is 15.2. The van der Waals surface area contributed by atoms with Gasteiger partial charge in [0.1, 0.15) is 0 Å². The lowest BCUT2D eigenvalue weighted by Crippen LogP contribution is -2.16. The second-order valence-electron chi connectivity index (χ2n) is 5.24. The van der Waals surface area contributed by atoms with Crippen molar-refractivity contribution in [2.24, 2.45) is 0 Å². The number of halogens is 2. The van der Waals surface area contributed by atoms with Crippen molar-refractivity contribution >= 4 is 39.8 Å². The van der Waals surface area contributed by atoms with Crippen LogP contribution >= 0.6 is 23.2 Å². The summed E-state index contributed by atoms with van der Waals surface area (Å²) >= 11 is 12.5. The van der Waals surface area contributed by atoms with Crippen LogP contribution < -0.4 is 0 Å². The average Bonchev–Trinajstić information content (AvgIpc) is 2.48. The van der Waals surface area contributed by atoms with E-state index in [1.54, 1.807) is 0 Å². The lowest BCUT2D eigenvalue weighted by Gasteiger charge is -2.21. The molecular weight excluding hydrogens is 303 g/mol. The van der Waals surface area contributed by atoms with Gasteiger partial charge in [0.05, 0.1) is 0 Å². The summed E-state index contributed by atoms with van der Waals surface area (Å²) in [4.78, 5) is 12.9. The van der Waals surface area contributed by atoms with E-state index < -0.39 is 0 Å². The Bertz CT molecular complexity index is 912. The van der Waals surface area contributed by atoms with E-state index in [0.29, 0.717) is 22.0 Å². The highest BCUT2D eigenvalue weighted by Gasteiger charge is 2.26. The van der Waals surface area contributed by atoms with Gasteiger partial charge in [-0.3, -0.25) is 4.79 Å². The molecule has 0 N–H and O–H groups in total. The largest absolute Gasteiger partial charge is 0.289 e. The molecule has 0 saturated carbocycles. The Morgan fingerprint density at radius 3 is 2.62 bits per heavy atom. The predicted molar refractivity (Wildman–Crippen MR) is 86.6 cm³/mol. The molecule has 0 heterocycles. The standard InChI is InChI=1S/C18H10Cl2O/c19-12-6-5-11-8-16(20)15-7-10-3-1-2-4-13(10)18(21)17(15)14(11)9-12/h1-6,8-9H,7H2. The van der Waals surface area contributed by atoms with Crippen LogP contribution in [0.2, 0.25) is 10.0 Å². The Balaban J connectivity index is 2.11. The fourth-order valence-corrected chi connectivity index (χ4v) is 3.48. The van der Waals surface area contributed by atoms with Crippen LogP contribution in [0.15, 0.2) is 48.5 Å². The van der Waals surface area contributed by atoms with E-state index in [1.807, 2.05) is 48.5 Å². The number of carbonyl (C=O) groups is 1. The topological polar surface area (TPSA) is 17.1 Å². The van der Waals surface area contributed by atoms with E-state index in [-0.39, 0.29) is 5.78 Å². The molecule has 0 spiro atoms. The highest BCUT2D eigenvalue weighted by molar-refractivity contribution is 6.35. The summed E-state index contributed by atoms with van der Waals surface area (Å²) in [5.41, 5.74) is 3.38. The lowest BCUT2D eigenvalue weighted by molar-refractivity contribution is 0.103. The molecule has 21 heavy (non-hydrogen) atoms. The molecule has 0 unspecified atom stereocenters. The maximum atomic E-state index is 12.9. The molecular formula is C18H10Cl2O. The molecule has 4 rings (SSSR count). The van der Waals surface area contributed by atoms with Crippen molar-refractivity contribution in [1.29, 1.82) is 0 Å². The number of hydrogen-bond donors (Lipinski definition) is 0. The quantitative estimate of drug-likeness (QED) is 0.431. The molecule has 0 aliphatic heterocycles. The van der Waals surface area contributed by atoms with Crippen molar-refractivity contribution < 1.29 is 4.79 Å². The van der Waals surface area contributed by atoms with E-state index >= 15 is 0 Å². The second kappa shape index (κ2) is 4.59. The first-order valence-electron chi connectivity index (χ1n) is 6.68. The van der Waals surface area contributed by atoms with Gasteiger partial charge in [-0.15, -0.1) is 0 Å². The van der Waals surface area contributed by atoms with E-state index in [2.05, 4.69) is 0 Å². The lowest BCUT2D eigenvalue weighted by atomic mass is 9.82. The number of ketones is 1. The third kappa shape index (κ3) is 1.89. The zero-order valence-electron chi connectivity index (χ0n) is 11.0. The van der Waals surface area contributed by atoms with Gasteiger partial charge in [-0.2, -0.15) is 0 Å². The minimum absolute atomic E-state index is 0.0293. The van der Waals surface area contributed by atoms with Gasteiger partial charge in [0.25, 0.3) is 0 Å². The maximum absolute atomic E-state index is 12.9. The van der Waals surface area contributed by atoms with Gasteiger partial charge in [0.2, 0.25) is 0 Å². The first-order chi connectivity index (χ1) is 10.1. The summed E-state index contributed by atoms with van der Waals surface area (Å²) < 4.78 is 0. The van der Waals surface area contributed by atoms with Crippen molar-refractivity contribution in [2.75, 3.05) is 0 Å². The van der Waals surface area contributed by atoms with Crippen LogP contribution in [-0.2, 0) is 6.42 Å². The number of carbonyl (C=O) groups excluding carboxylic acids is 1. The normalized spacial score (nSPS) is 13.1. The zero-order chi connectivity index (χ0) is 14.6. The smallest absolute Gasteiger partial charge is 0.194 e. The molecule has 102 valence electrons. The molecule has 3 aromatic carbocycles. The molecule has 0 amide bonds. The molecule has 1 nitrogen and oxygen atoms in total. The van der Waals surface area contributed by atoms with Crippen LogP contribution in [0.3, 0.4) is 0 Å². The van der Waals surface area contributed by atoms with Gasteiger partial charge in [-0.1, -0.05) is 53.5 Å². The summed E-state index contributed by atoms with van der Waals surface area (Å²) in [5.74, 6) is 0.0293. The van der Waals surface area contributed by atoms with Crippen LogP contribution in [0, 0.1) is 0 Å². The van der Waals surface area contributed by atoms with Gasteiger partial charge in [0.15, 0.2) is 5.78 Å². The third-order valence-corrected chi connectivity index (χ3v) is 4.59. The molecule has 0 atom stereocenters. The van der Waals surface area contributed by atoms with Crippen molar-refractivity contribution in [3.8, 4) is 0 Å². The van der Waals surface area contributed by atoms with Crippen molar-refractivity contribution in [2.45, 2.75) is 6.42 Å². The van der Waals surface area contributed by atoms with Crippen LogP contribution in [-0.4, -0.2) is 5.78 Å². The second-order valence-corrected chi connectivity index (χ2v) is 6.08. The summed E-state index contributed by atoms with van der Waals surface area (Å²) in [5, 5.41) is 3.08. The van der Waals surface area contributed by atoms with E-state index in [0.717, 1.165) is 27.5 Å². The van der Waals surface area contributed by atoms with E-state index in [1.165, 1.54) is 0 Å². The van der Waals surface area contributed by atoms with Crippen LogP contribution in [0.1, 0.15) is 27.0 Å². The Labute approximate surface area is 132 Å². The van der Waals surface area contributed by atoms with Gasteiger partial charge in [-0.25, -0.2) is 0 Å². The number of benzene rings is 3. The average molecular weight is 313 g/mol. The number of fused-ring (bicyclic) bond motifs is 4. The van der Waals surface area contributed by atoms with Gasteiger partial charge in [-0.05, 0) is 40.1 Å². The van der Waals surface area contributed by atoms with Crippen LogP contribution in [0.25, 0.3) is 10.8 Å². The van der Waals surface area contributed by atoms with Gasteiger partial charge >= 0.3 is 0 Å². The Hall–Kier alpha value is -1.83. The monoisotopic (exact) mass is 312 g/mol. The summed E-state index contributed by atoms with van der Waals surface area (Å²) in [6.07, 6.45) is 0.679. The number of rotatable bonds is 0. The highest BCUT2D eigenvalue weighted by atomic mass is 35.5. The minimum Gasteiger partial charge on any atom is -0.289 e. The Morgan fingerprint density at radius 2 is 1.76 bits per heavy atom. The van der Waals surface area contributed by atoms with Crippen LogP contribution in [0.5, 0.6) is 0 Å². The fourth-order valence-electron chi connectivity index (χ4n) is 3.03. The first kappa shape index (κ1) is 12.9. The van der Waals surface area contributed by atoms with Gasteiger partial charge in [0, 0.05) is 27.6 Å². The molecule has 0 aromatic heterocycles. The van der Waals surface area contributed by atoms with Crippen molar-refractivity contribution in [3.63, 3.8) is 0 Å². The summed E-state index contributed by atoms with van der Waals surface area (Å²) in [7, 11) is 0. The van der Waals surface area contributed by atoms with Crippen molar-refractivity contribution in [3.05, 3.63) is 80.8 Å². The molecule has 1 aliphatic carbocycles. The Morgan fingerprint density at radius 1 is 0.952 bits per heavy atom. The number of hydrogen-bond acceptors (Lipinski definition) is 1. The van der Waals surface area contributed by atoms with E-state index in [4.69, 9.17) is 23.2 Å². The van der Waals surface area contributed by atoms with Gasteiger partial charge < -0.3 is 0 Å². The van der Waals surface area contributed by atoms with Crippen LogP contribution in [0.4, 0.5) is 0 Å². The van der Waals surface area contributed by atoms with Crippen molar-refractivity contribution in [1.82, 2.24) is 0 Å². The zero-order valence-corrected chi connectivity index (χ0v) is 12.5. The Kier molecular flexibility index (Phi) is 2.81. The molecule has 1 aliphatic rings.